The zero-order valence-corrected chi connectivity index (χ0v) is 9.55. The third-order valence-electron chi connectivity index (χ3n) is 2.27. The summed E-state index contributed by atoms with van der Waals surface area (Å²) in [6, 6.07) is 2.05. The van der Waals surface area contributed by atoms with Gasteiger partial charge in [-0.15, -0.1) is 11.3 Å². The highest BCUT2D eigenvalue weighted by Gasteiger charge is 2.06. The monoisotopic (exact) mass is 215 g/mol. The van der Waals surface area contributed by atoms with Gasteiger partial charge in [-0.1, -0.05) is 25.7 Å². The highest BCUT2D eigenvalue weighted by molar-refractivity contribution is 7.20. The van der Waals surface area contributed by atoms with Crippen molar-refractivity contribution in [3.05, 3.63) is 41.6 Å². The van der Waals surface area contributed by atoms with Crippen LogP contribution in [-0.2, 0) is 0 Å². The number of fused-ring (bicyclic) bond motifs is 1. The van der Waals surface area contributed by atoms with Gasteiger partial charge in [-0.05, 0) is 24.1 Å². The van der Waals surface area contributed by atoms with E-state index in [1.54, 1.807) is 11.3 Å². The molecule has 0 saturated heterocycles. The smallest absolute Gasteiger partial charge is 0.0538 e. The lowest BCUT2D eigenvalue weighted by Crippen LogP contribution is -1.72. The third-order valence-corrected chi connectivity index (χ3v) is 3.39. The molecule has 2 aromatic heterocycles. The fraction of sp³-hybridized carbons (Fsp3) is 0.154. The maximum Gasteiger partial charge on any atom is 0.0538 e. The van der Waals surface area contributed by atoms with Crippen molar-refractivity contribution in [3.63, 3.8) is 0 Å². The number of allylic oxidation sites excluding steroid dienone is 1. The minimum atomic E-state index is 1.06. The summed E-state index contributed by atoms with van der Waals surface area (Å²) in [5.74, 6) is 0. The molecule has 0 atom stereocenters. The van der Waals surface area contributed by atoms with Crippen molar-refractivity contribution in [1.82, 2.24) is 4.98 Å². The molecule has 0 radical (unpaired) electrons. The standard InChI is InChI=1S/C13H13NS/c1-3-5-6-12-10(4-2)11-7-8-14-9-13(11)15-12/h4-9H,2-3H2,1H3/b6-5-. The molecule has 0 aliphatic carbocycles. The van der Waals surface area contributed by atoms with E-state index in [-0.39, 0.29) is 0 Å². The highest BCUT2D eigenvalue weighted by atomic mass is 32.1. The SMILES string of the molecule is C=Cc1c(/C=C\CC)sc2cnccc12. The molecule has 0 amide bonds. The van der Waals surface area contributed by atoms with Gasteiger partial charge in [0.15, 0.2) is 0 Å². The van der Waals surface area contributed by atoms with E-state index >= 15 is 0 Å². The predicted molar refractivity (Wildman–Crippen MR) is 69.0 cm³/mol. The lowest BCUT2D eigenvalue weighted by molar-refractivity contribution is 1.23. The molecule has 0 saturated carbocycles. The van der Waals surface area contributed by atoms with E-state index in [1.165, 1.54) is 20.5 Å². The normalized spacial score (nSPS) is 11.3. The number of aromatic nitrogens is 1. The molecular formula is C13H13NS. The van der Waals surface area contributed by atoms with E-state index in [1.807, 2.05) is 24.5 Å². The molecule has 0 bridgehead atoms. The minimum Gasteiger partial charge on any atom is -0.263 e. The van der Waals surface area contributed by atoms with Crippen LogP contribution in [0.3, 0.4) is 0 Å². The Kier molecular flexibility index (Phi) is 2.97. The summed E-state index contributed by atoms with van der Waals surface area (Å²) >= 11 is 1.77. The molecule has 2 heterocycles. The second-order valence-electron chi connectivity index (χ2n) is 3.27. The third kappa shape index (κ3) is 1.85. The number of hydrogen-bond donors (Lipinski definition) is 0. The second kappa shape index (κ2) is 4.41. The molecule has 0 fully saturated rings. The Bertz CT molecular complexity index is 508. The maximum absolute atomic E-state index is 4.13. The maximum atomic E-state index is 4.13. The van der Waals surface area contributed by atoms with Crippen molar-refractivity contribution in [2.24, 2.45) is 0 Å². The Morgan fingerprint density at radius 3 is 3.13 bits per heavy atom. The van der Waals surface area contributed by atoms with Gasteiger partial charge >= 0.3 is 0 Å². The van der Waals surface area contributed by atoms with Crippen LogP contribution < -0.4 is 0 Å². The molecule has 0 spiro atoms. The molecule has 0 N–H and O–H groups in total. The Hall–Kier alpha value is -1.41. The summed E-state index contributed by atoms with van der Waals surface area (Å²) in [6.45, 7) is 6.01. The van der Waals surface area contributed by atoms with Crippen LogP contribution in [0, 0.1) is 0 Å². The molecule has 0 aliphatic heterocycles. The summed E-state index contributed by atoms with van der Waals surface area (Å²) in [6.07, 6.45) is 11.1. The summed E-state index contributed by atoms with van der Waals surface area (Å²) in [5, 5.41) is 1.25. The van der Waals surface area contributed by atoms with Crippen LogP contribution in [0.15, 0.2) is 31.1 Å². The summed E-state index contributed by atoms with van der Waals surface area (Å²) in [4.78, 5) is 5.41. The Morgan fingerprint density at radius 1 is 1.53 bits per heavy atom. The fourth-order valence-electron chi connectivity index (χ4n) is 1.55. The number of nitrogens with zero attached hydrogens (tertiary/aromatic N) is 1. The number of rotatable bonds is 3. The lowest BCUT2D eigenvalue weighted by atomic mass is 10.1. The van der Waals surface area contributed by atoms with E-state index in [9.17, 15) is 0 Å². The van der Waals surface area contributed by atoms with Gasteiger partial charge in [-0.25, -0.2) is 0 Å². The van der Waals surface area contributed by atoms with Crippen molar-refractivity contribution in [3.8, 4) is 0 Å². The first-order valence-electron chi connectivity index (χ1n) is 5.02. The van der Waals surface area contributed by atoms with Crippen molar-refractivity contribution >= 4 is 33.6 Å². The van der Waals surface area contributed by atoms with Crippen molar-refractivity contribution in [2.45, 2.75) is 13.3 Å². The Balaban J connectivity index is 2.63. The number of thiophene rings is 1. The van der Waals surface area contributed by atoms with Crippen LogP contribution in [0.25, 0.3) is 22.2 Å². The molecule has 0 unspecified atom stereocenters. The zero-order chi connectivity index (χ0) is 10.7. The lowest BCUT2D eigenvalue weighted by Gasteiger charge is -1.91. The largest absolute Gasteiger partial charge is 0.263 e. The first kappa shape index (κ1) is 10.1. The van der Waals surface area contributed by atoms with E-state index in [4.69, 9.17) is 0 Å². The number of pyridine rings is 1. The average Bonchev–Trinajstić information content (AvgIpc) is 2.63. The molecule has 76 valence electrons. The van der Waals surface area contributed by atoms with Gasteiger partial charge in [-0.2, -0.15) is 0 Å². The molecule has 2 aromatic rings. The van der Waals surface area contributed by atoms with Gasteiger partial charge < -0.3 is 0 Å². The molecule has 0 aliphatic rings. The van der Waals surface area contributed by atoms with Crippen LogP contribution in [0.1, 0.15) is 23.8 Å². The van der Waals surface area contributed by atoms with E-state index in [0.717, 1.165) is 6.42 Å². The van der Waals surface area contributed by atoms with Crippen LogP contribution >= 0.6 is 11.3 Å². The van der Waals surface area contributed by atoms with Gasteiger partial charge in [0, 0.05) is 22.7 Å². The van der Waals surface area contributed by atoms with E-state index < -0.39 is 0 Å². The van der Waals surface area contributed by atoms with Crippen molar-refractivity contribution in [1.29, 1.82) is 0 Å². The summed E-state index contributed by atoms with van der Waals surface area (Å²) in [5.41, 5.74) is 1.22. The minimum absolute atomic E-state index is 1.06. The fourth-order valence-corrected chi connectivity index (χ4v) is 2.66. The molecule has 1 nitrogen and oxygen atoms in total. The highest BCUT2D eigenvalue weighted by Crippen LogP contribution is 2.32. The molecule has 2 rings (SSSR count). The molecule has 0 aromatic carbocycles. The topological polar surface area (TPSA) is 12.9 Å². The van der Waals surface area contributed by atoms with Gasteiger partial charge in [0.25, 0.3) is 0 Å². The van der Waals surface area contributed by atoms with E-state index in [2.05, 4.69) is 30.6 Å². The first-order chi connectivity index (χ1) is 7.36. The van der Waals surface area contributed by atoms with E-state index in [0.29, 0.717) is 0 Å². The number of hydrogen-bond acceptors (Lipinski definition) is 2. The van der Waals surface area contributed by atoms with Crippen molar-refractivity contribution < 1.29 is 0 Å². The van der Waals surface area contributed by atoms with Crippen LogP contribution in [0.4, 0.5) is 0 Å². The van der Waals surface area contributed by atoms with Gasteiger partial charge in [0.1, 0.15) is 0 Å². The quantitative estimate of drug-likeness (QED) is 0.741. The van der Waals surface area contributed by atoms with Gasteiger partial charge in [0.2, 0.25) is 0 Å². The Morgan fingerprint density at radius 2 is 2.40 bits per heavy atom. The van der Waals surface area contributed by atoms with Crippen LogP contribution in [0.2, 0.25) is 0 Å². The molecule has 15 heavy (non-hydrogen) atoms. The Labute approximate surface area is 93.8 Å². The van der Waals surface area contributed by atoms with Gasteiger partial charge in [0.05, 0.1) is 4.70 Å². The van der Waals surface area contributed by atoms with Crippen LogP contribution in [-0.4, -0.2) is 4.98 Å². The summed E-state index contributed by atoms with van der Waals surface area (Å²) < 4.78 is 1.23. The molecule has 2 heteroatoms. The van der Waals surface area contributed by atoms with Crippen LogP contribution in [0.5, 0.6) is 0 Å². The van der Waals surface area contributed by atoms with Gasteiger partial charge in [-0.3, -0.25) is 4.98 Å². The second-order valence-corrected chi connectivity index (χ2v) is 4.35. The average molecular weight is 215 g/mol. The first-order valence-corrected chi connectivity index (χ1v) is 5.84. The summed E-state index contributed by atoms with van der Waals surface area (Å²) in [7, 11) is 0. The van der Waals surface area contributed by atoms with Crippen molar-refractivity contribution in [2.75, 3.05) is 0 Å². The predicted octanol–water partition coefficient (Wildman–Crippen LogP) is 4.36. The zero-order valence-electron chi connectivity index (χ0n) is 8.73. The molecular weight excluding hydrogens is 202 g/mol.